The zero-order valence-corrected chi connectivity index (χ0v) is 18.3. The summed E-state index contributed by atoms with van der Waals surface area (Å²) in [5, 5.41) is 10.4. The van der Waals surface area contributed by atoms with Gasteiger partial charge in [-0.3, -0.25) is 4.79 Å². The zero-order valence-electron chi connectivity index (χ0n) is 16.8. The summed E-state index contributed by atoms with van der Waals surface area (Å²) < 4.78 is 5.99. The van der Waals surface area contributed by atoms with Crippen LogP contribution in [0.1, 0.15) is 32.3 Å². The molecule has 0 fully saturated rings. The van der Waals surface area contributed by atoms with Gasteiger partial charge in [0, 0.05) is 5.92 Å². The van der Waals surface area contributed by atoms with Crippen molar-refractivity contribution in [1.29, 1.82) is 0 Å². The molecule has 5 heteroatoms. The fraction of sp³-hybridized carbons (Fsp3) is 0.292. The molecule has 0 bridgehead atoms. The van der Waals surface area contributed by atoms with Crippen LogP contribution in [-0.2, 0) is 4.79 Å². The maximum absolute atomic E-state index is 12.6. The monoisotopic (exact) mass is 432 g/mol. The number of benzene rings is 2. The minimum absolute atomic E-state index is 0.0488. The number of ether oxygens (including phenoxy) is 1. The lowest BCUT2D eigenvalue weighted by Crippen LogP contribution is -2.46. The summed E-state index contributed by atoms with van der Waals surface area (Å²) in [5.41, 5.74) is -0.391. The fourth-order valence-electron chi connectivity index (χ4n) is 4.07. The van der Waals surface area contributed by atoms with E-state index in [4.69, 9.17) is 27.9 Å². The van der Waals surface area contributed by atoms with Crippen LogP contribution in [0.5, 0.6) is 11.5 Å². The van der Waals surface area contributed by atoms with Gasteiger partial charge in [-0.2, -0.15) is 0 Å². The average molecular weight is 433 g/mol. The SMILES string of the molecule is C=CC(c1cccc(Oc2ccccc2)c1)C(C(=O)O)(C(C)C)C(C)C=C(Cl)Cl. The molecule has 0 heterocycles. The minimum Gasteiger partial charge on any atom is -0.481 e. The van der Waals surface area contributed by atoms with Crippen LogP contribution in [0.25, 0.3) is 0 Å². The standard InChI is InChI=1S/C24H26Cl2O3/c1-5-21(24(16(2)3,23(27)28)17(4)14-22(25)26)18-10-9-13-20(15-18)29-19-11-7-6-8-12-19/h5-17,21H,1H2,2-4H3,(H,27,28). The third-order valence-electron chi connectivity index (χ3n) is 5.40. The highest BCUT2D eigenvalue weighted by Gasteiger charge is 2.51. The number of aliphatic carboxylic acids is 1. The van der Waals surface area contributed by atoms with Crippen LogP contribution >= 0.6 is 23.2 Å². The molecule has 0 amide bonds. The van der Waals surface area contributed by atoms with Crippen molar-refractivity contribution < 1.29 is 14.6 Å². The van der Waals surface area contributed by atoms with E-state index in [1.165, 1.54) is 0 Å². The molecule has 2 aromatic carbocycles. The molecule has 1 N–H and O–H groups in total. The van der Waals surface area contributed by atoms with Crippen molar-refractivity contribution in [2.75, 3.05) is 0 Å². The molecule has 2 rings (SSSR count). The van der Waals surface area contributed by atoms with Gasteiger partial charge in [-0.1, -0.05) is 86.5 Å². The second-order valence-electron chi connectivity index (χ2n) is 7.34. The van der Waals surface area contributed by atoms with E-state index in [-0.39, 0.29) is 10.4 Å². The zero-order chi connectivity index (χ0) is 21.6. The van der Waals surface area contributed by atoms with Crippen molar-refractivity contribution in [2.45, 2.75) is 26.7 Å². The summed E-state index contributed by atoms with van der Waals surface area (Å²) >= 11 is 11.8. The molecule has 3 nitrogen and oxygen atoms in total. The summed E-state index contributed by atoms with van der Waals surface area (Å²) in [4.78, 5) is 12.6. The van der Waals surface area contributed by atoms with Crippen molar-refractivity contribution in [2.24, 2.45) is 17.3 Å². The van der Waals surface area contributed by atoms with Gasteiger partial charge in [0.2, 0.25) is 0 Å². The first-order chi connectivity index (χ1) is 13.7. The summed E-state index contributed by atoms with van der Waals surface area (Å²) in [7, 11) is 0. The second-order valence-corrected chi connectivity index (χ2v) is 8.35. The number of hydrogen-bond donors (Lipinski definition) is 1. The van der Waals surface area contributed by atoms with Gasteiger partial charge in [0.25, 0.3) is 0 Å². The van der Waals surface area contributed by atoms with E-state index in [0.29, 0.717) is 11.5 Å². The van der Waals surface area contributed by atoms with Crippen molar-refractivity contribution in [3.05, 3.63) is 83.4 Å². The van der Waals surface area contributed by atoms with Crippen molar-refractivity contribution >= 4 is 29.2 Å². The van der Waals surface area contributed by atoms with Crippen LogP contribution < -0.4 is 4.74 Å². The fourth-order valence-corrected chi connectivity index (χ4v) is 4.45. The predicted octanol–water partition coefficient (Wildman–Crippen LogP) is 7.43. The number of para-hydroxylation sites is 1. The molecule has 2 aromatic rings. The number of carbonyl (C=O) groups is 1. The molecule has 0 aromatic heterocycles. The Morgan fingerprint density at radius 2 is 1.69 bits per heavy atom. The van der Waals surface area contributed by atoms with Gasteiger partial charge < -0.3 is 9.84 Å². The third-order valence-corrected chi connectivity index (χ3v) is 5.65. The Morgan fingerprint density at radius 3 is 2.21 bits per heavy atom. The van der Waals surface area contributed by atoms with Gasteiger partial charge in [-0.25, -0.2) is 0 Å². The van der Waals surface area contributed by atoms with E-state index < -0.39 is 23.2 Å². The first kappa shape index (κ1) is 23.1. The van der Waals surface area contributed by atoms with Gasteiger partial charge in [0.15, 0.2) is 0 Å². The molecule has 3 atom stereocenters. The Kier molecular flexibility index (Phi) is 7.95. The van der Waals surface area contributed by atoms with E-state index >= 15 is 0 Å². The number of allylic oxidation sites excluding steroid dienone is 2. The first-order valence-corrected chi connectivity index (χ1v) is 10.2. The number of halogens is 2. The van der Waals surface area contributed by atoms with Gasteiger partial charge in [0.1, 0.15) is 16.0 Å². The Balaban J connectivity index is 2.55. The molecular formula is C24H26Cl2O3. The smallest absolute Gasteiger partial charge is 0.311 e. The molecule has 0 saturated heterocycles. The summed E-state index contributed by atoms with van der Waals surface area (Å²) in [6.07, 6.45) is 3.26. The van der Waals surface area contributed by atoms with E-state index in [0.717, 1.165) is 5.56 Å². The summed E-state index contributed by atoms with van der Waals surface area (Å²) in [6.45, 7) is 9.55. The molecule has 0 saturated carbocycles. The average Bonchev–Trinajstić information content (AvgIpc) is 2.65. The lowest BCUT2D eigenvalue weighted by Gasteiger charge is -2.43. The van der Waals surface area contributed by atoms with Crippen LogP contribution in [0.4, 0.5) is 0 Å². The highest BCUT2D eigenvalue weighted by Crippen LogP contribution is 2.50. The number of carboxylic acids is 1. The Bertz CT molecular complexity index is 873. The molecule has 154 valence electrons. The van der Waals surface area contributed by atoms with E-state index in [9.17, 15) is 9.90 Å². The van der Waals surface area contributed by atoms with Crippen LogP contribution in [0.2, 0.25) is 0 Å². The lowest BCUT2D eigenvalue weighted by molar-refractivity contribution is -0.156. The normalized spacial score (nSPS) is 15.1. The van der Waals surface area contributed by atoms with Crippen LogP contribution in [0, 0.1) is 17.3 Å². The highest BCUT2D eigenvalue weighted by atomic mass is 35.5. The quantitative estimate of drug-likeness (QED) is 0.418. The van der Waals surface area contributed by atoms with Gasteiger partial charge >= 0.3 is 5.97 Å². The molecule has 0 aliphatic rings. The molecule has 0 aliphatic carbocycles. The van der Waals surface area contributed by atoms with E-state index in [1.54, 1.807) is 12.2 Å². The van der Waals surface area contributed by atoms with Crippen LogP contribution in [0.15, 0.2) is 77.8 Å². The molecule has 0 aliphatic heterocycles. The van der Waals surface area contributed by atoms with Crippen molar-refractivity contribution in [3.8, 4) is 11.5 Å². The summed E-state index contributed by atoms with van der Waals surface area (Å²) in [6, 6.07) is 16.9. The van der Waals surface area contributed by atoms with Gasteiger partial charge in [0.05, 0.1) is 5.41 Å². The maximum atomic E-state index is 12.6. The van der Waals surface area contributed by atoms with E-state index in [2.05, 4.69) is 6.58 Å². The number of hydrogen-bond acceptors (Lipinski definition) is 2. The Morgan fingerprint density at radius 1 is 1.07 bits per heavy atom. The Labute approximate surface area is 182 Å². The molecule has 0 radical (unpaired) electrons. The molecule has 3 unspecified atom stereocenters. The predicted molar refractivity (Wildman–Crippen MR) is 120 cm³/mol. The summed E-state index contributed by atoms with van der Waals surface area (Å²) in [5.74, 6) is -0.740. The van der Waals surface area contributed by atoms with Gasteiger partial charge in [-0.15, -0.1) is 6.58 Å². The first-order valence-electron chi connectivity index (χ1n) is 9.45. The second kappa shape index (κ2) is 10.00. The third kappa shape index (κ3) is 5.04. The Hall–Kier alpha value is -2.23. The minimum atomic E-state index is -1.19. The number of carboxylic acid groups (broad SMARTS) is 1. The van der Waals surface area contributed by atoms with Crippen molar-refractivity contribution in [3.63, 3.8) is 0 Å². The molecule has 29 heavy (non-hydrogen) atoms. The number of rotatable bonds is 9. The lowest BCUT2D eigenvalue weighted by atomic mass is 9.59. The molecular weight excluding hydrogens is 407 g/mol. The highest BCUT2D eigenvalue weighted by molar-refractivity contribution is 6.55. The van der Waals surface area contributed by atoms with Gasteiger partial charge in [-0.05, 0) is 41.7 Å². The topological polar surface area (TPSA) is 46.5 Å². The van der Waals surface area contributed by atoms with Crippen LogP contribution in [0.3, 0.4) is 0 Å². The maximum Gasteiger partial charge on any atom is 0.311 e. The largest absolute Gasteiger partial charge is 0.481 e. The molecule has 0 spiro atoms. The van der Waals surface area contributed by atoms with E-state index in [1.807, 2.05) is 75.4 Å². The van der Waals surface area contributed by atoms with Crippen LogP contribution in [-0.4, -0.2) is 11.1 Å². The van der Waals surface area contributed by atoms with Crippen molar-refractivity contribution in [1.82, 2.24) is 0 Å².